The zero-order valence-electron chi connectivity index (χ0n) is 18.0. The van der Waals surface area contributed by atoms with E-state index < -0.39 is 5.97 Å². The normalized spacial score (nSPS) is 11.0. The molecule has 0 fully saturated rings. The van der Waals surface area contributed by atoms with Gasteiger partial charge in [-0.3, -0.25) is 0 Å². The maximum atomic E-state index is 13.6. The van der Waals surface area contributed by atoms with Crippen LogP contribution < -0.4 is 0 Å². The molecule has 0 radical (unpaired) electrons. The third-order valence-electron chi connectivity index (χ3n) is 4.84. The summed E-state index contributed by atoms with van der Waals surface area (Å²) in [5, 5.41) is 8.42. The molecule has 0 spiro atoms. The van der Waals surface area contributed by atoms with Gasteiger partial charge in [0.1, 0.15) is 17.1 Å². The average molecular weight is 431 g/mol. The second-order valence-corrected chi connectivity index (χ2v) is 7.43. The fraction of sp³-hybridized carbons (Fsp3) is 0.208. The van der Waals surface area contributed by atoms with E-state index in [9.17, 15) is 9.18 Å². The third-order valence-corrected chi connectivity index (χ3v) is 4.84. The molecule has 8 heteroatoms. The molecule has 0 aliphatic carbocycles. The number of esters is 1. The molecule has 2 aromatic carbocycles. The Morgan fingerprint density at radius 3 is 2.41 bits per heavy atom. The Hall–Kier alpha value is -3.94. The summed E-state index contributed by atoms with van der Waals surface area (Å²) >= 11 is 0. The van der Waals surface area contributed by atoms with Crippen LogP contribution in [0.15, 0.2) is 60.8 Å². The Bertz CT molecular complexity index is 1240. The van der Waals surface area contributed by atoms with Gasteiger partial charge in [0.05, 0.1) is 24.2 Å². The van der Waals surface area contributed by atoms with Crippen LogP contribution in [0.4, 0.5) is 4.39 Å². The smallest absolute Gasteiger partial charge is 0.342 e. The first-order valence-corrected chi connectivity index (χ1v) is 10.3. The summed E-state index contributed by atoms with van der Waals surface area (Å²) in [5.74, 6) is -0.748. The molecule has 0 bridgehead atoms. The fourth-order valence-corrected chi connectivity index (χ4v) is 3.31. The first-order valence-electron chi connectivity index (χ1n) is 10.3. The fourth-order valence-electron chi connectivity index (χ4n) is 3.31. The second-order valence-electron chi connectivity index (χ2n) is 7.43. The number of rotatable bonds is 6. The van der Waals surface area contributed by atoms with Crippen molar-refractivity contribution in [2.45, 2.75) is 26.7 Å². The quantitative estimate of drug-likeness (QED) is 0.407. The van der Waals surface area contributed by atoms with E-state index >= 15 is 0 Å². The molecule has 0 atom stereocenters. The van der Waals surface area contributed by atoms with E-state index in [1.807, 2.05) is 44.2 Å². The maximum Gasteiger partial charge on any atom is 0.342 e. The molecule has 2 heterocycles. The Balaban J connectivity index is 1.90. The molecule has 4 rings (SSSR count). The standard InChI is InChI=1S/C24H22FN5O2/c1-4-32-23(31)20-21(15(2)3)26-24(27-22(20)17-10-12-18(25)13-11-17)30-14-19(28-29-30)16-8-6-5-7-9-16/h5-15H,4H2,1-3H3. The van der Waals surface area contributed by atoms with Crippen molar-refractivity contribution < 1.29 is 13.9 Å². The molecule has 0 saturated carbocycles. The first-order chi connectivity index (χ1) is 15.5. The second kappa shape index (κ2) is 9.05. The van der Waals surface area contributed by atoms with Gasteiger partial charge in [0.2, 0.25) is 0 Å². The van der Waals surface area contributed by atoms with Crippen molar-refractivity contribution in [2.75, 3.05) is 6.61 Å². The van der Waals surface area contributed by atoms with Crippen molar-refractivity contribution in [3.05, 3.63) is 77.9 Å². The number of carbonyl (C=O) groups excluding carboxylic acids is 1. The highest BCUT2D eigenvalue weighted by Crippen LogP contribution is 2.30. The van der Waals surface area contributed by atoms with Gasteiger partial charge < -0.3 is 4.74 Å². The van der Waals surface area contributed by atoms with E-state index in [4.69, 9.17) is 4.74 Å². The molecule has 162 valence electrons. The van der Waals surface area contributed by atoms with Crippen LogP contribution in [0.3, 0.4) is 0 Å². The predicted octanol–water partition coefficient (Wildman–Crippen LogP) is 4.83. The van der Waals surface area contributed by atoms with Crippen molar-refractivity contribution in [3.8, 4) is 28.5 Å². The van der Waals surface area contributed by atoms with E-state index in [0.29, 0.717) is 22.6 Å². The predicted molar refractivity (Wildman–Crippen MR) is 118 cm³/mol. The van der Waals surface area contributed by atoms with Gasteiger partial charge >= 0.3 is 5.97 Å². The molecule has 0 aliphatic rings. The van der Waals surface area contributed by atoms with Gasteiger partial charge in [-0.25, -0.2) is 19.2 Å². The van der Waals surface area contributed by atoms with E-state index in [1.54, 1.807) is 25.3 Å². The molecule has 2 aromatic heterocycles. The minimum Gasteiger partial charge on any atom is -0.462 e. The number of nitrogens with zero attached hydrogens (tertiary/aromatic N) is 5. The van der Waals surface area contributed by atoms with Crippen LogP contribution in [-0.4, -0.2) is 37.5 Å². The van der Waals surface area contributed by atoms with Crippen LogP contribution in [0.2, 0.25) is 0 Å². The molecule has 0 N–H and O–H groups in total. The molecule has 0 amide bonds. The molecule has 7 nitrogen and oxygen atoms in total. The van der Waals surface area contributed by atoms with Crippen LogP contribution in [0.25, 0.3) is 28.5 Å². The number of ether oxygens (including phenoxy) is 1. The number of carbonyl (C=O) groups is 1. The van der Waals surface area contributed by atoms with Gasteiger partial charge in [-0.1, -0.05) is 49.4 Å². The van der Waals surface area contributed by atoms with Crippen molar-refractivity contribution in [3.63, 3.8) is 0 Å². The Labute approximate surface area is 184 Å². The van der Waals surface area contributed by atoms with Crippen LogP contribution in [0, 0.1) is 5.82 Å². The monoisotopic (exact) mass is 431 g/mol. The number of halogens is 1. The zero-order chi connectivity index (χ0) is 22.7. The third kappa shape index (κ3) is 4.25. The molecule has 4 aromatic rings. The average Bonchev–Trinajstić information content (AvgIpc) is 3.30. The van der Waals surface area contributed by atoms with Gasteiger partial charge in [-0.15, -0.1) is 5.10 Å². The van der Waals surface area contributed by atoms with Gasteiger partial charge in [0.25, 0.3) is 5.95 Å². The minimum atomic E-state index is -0.523. The Morgan fingerprint density at radius 2 is 1.75 bits per heavy atom. The summed E-state index contributed by atoms with van der Waals surface area (Å²) in [6.07, 6.45) is 1.73. The van der Waals surface area contributed by atoms with Gasteiger partial charge in [-0.05, 0) is 37.1 Å². The van der Waals surface area contributed by atoms with E-state index in [2.05, 4.69) is 20.3 Å². The van der Waals surface area contributed by atoms with Crippen LogP contribution in [0.1, 0.15) is 42.7 Å². The number of hydrogen-bond acceptors (Lipinski definition) is 6. The molecule has 0 aliphatic heterocycles. The minimum absolute atomic E-state index is 0.104. The highest BCUT2D eigenvalue weighted by atomic mass is 19.1. The summed E-state index contributed by atoms with van der Waals surface area (Å²) in [5.41, 5.74) is 3.28. The topological polar surface area (TPSA) is 82.8 Å². The van der Waals surface area contributed by atoms with Gasteiger partial charge in [0, 0.05) is 11.1 Å². The van der Waals surface area contributed by atoms with Crippen LogP contribution in [0.5, 0.6) is 0 Å². The molecule has 0 saturated heterocycles. The summed E-state index contributed by atoms with van der Waals surface area (Å²) in [4.78, 5) is 22.1. The summed E-state index contributed by atoms with van der Waals surface area (Å²) < 4.78 is 20.3. The Kier molecular flexibility index (Phi) is 6.02. The summed E-state index contributed by atoms with van der Waals surface area (Å²) in [7, 11) is 0. The number of hydrogen-bond donors (Lipinski definition) is 0. The number of aromatic nitrogens is 5. The van der Waals surface area contributed by atoms with Crippen molar-refractivity contribution in [1.29, 1.82) is 0 Å². The zero-order valence-corrected chi connectivity index (χ0v) is 18.0. The van der Waals surface area contributed by atoms with Gasteiger partial charge in [-0.2, -0.15) is 4.68 Å². The van der Waals surface area contributed by atoms with Crippen molar-refractivity contribution in [1.82, 2.24) is 25.0 Å². The van der Waals surface area contributed by atoms with E-state index in [-0.39, 0.29) is 29.9 Å². The highest BCUT2D eigenvalue weighted by Gasteiger charge is 2.26. The lowest BCUT2D eigenvalue weighted by Gasteiger charge is -2.16. The maximum absolute atomic E-state index is 13.6. The summed E-state index contributed by atoms with van der Waals surface area (Å²) in [6.45, 7) is 5.81. The SMILES string of the molecule is CCOC(=O)c1c(-c2ccc(F)cc2)nc(-n2cc(-c3ccccc3)nn2)nc1C(C)C. The van der Waals surface area contributed by atoms with E-state index in [0.717, 1.165) is 5.56 Å². The molecular weight excluding hydrogens is 409 g/mol. The largest absolute Gasteiger partial charge is 0.462 e. The van der Waals surface area contributed by atoms with E-state index in [1.165, 1.54) is 16.8 Å². The van der Waals surface area contributed by atoms with Crippen LogP contribution in [-0.2, 0) is 4.74 Å². The van der Waals surface area contributed by atoms with Crippen molar-refractivity contribution >= 4 is 5.97 Å². The van der Waals surface area contributed by atoms with Crippen LogP contribution >= 0.6 is 0 Å². The number of benzene rings is 2. The highest BCUT2D eigenvalue weighted by molar-refractivity contribution is 5.97. The lowest BCUT2D eigenvalue weighted by Crippen LogP contribution is -2.17. The molecule has 0 unspecified atom stereocenters. The lowest BCUT2D eigenvalue weighted by molar-refractivity contribution is 0.0524. The van der Waals surface area contributed by atoms with Crippen molar-refractivity contribution in [2.24, 2.45) is 0 Å². The molecule has 32 heavy (non-hydrogen) atoms. The Morgan fingerprint density at radius 1 is 1.03 bits per heavy atom. The summed E-state index contributed by atoms with van der Waals surface area (Å²) in [6, 6.07) is 15.4. The molecular formula is C24H22FN5O2. The lowest BCUT2D eigenvalue weighted by atomic mass is 9.98. The first kappa shape index (κ1) is 21.3. The van der Waals surface area contributed by atoms with Gasteiger partial charge in [0.15, 0.2) is 0 Å².